The minimum absolute atomic E-state index is 0. The number of carbonyl (C=O) groups is 1. The van der Waals surface area contributed by atoms with E-state index in [0.717, 1.165) is 0 Å². The van der Waals surface area contributed by atoms with Crippen LogP contribution in [0.1, 0.15) is 6.92 Å². The van der Waals surface area contributed by atoms with E-state index in [0.29, 0.717) is 5.88 Å². The molecule has 0 aromatic carbocycles. The fourth-order valence-electron chi connectivity index (χ4n) is 0.450. The molecule has 64 valence electrons. The van der Waals surface area contributed by atoms with Crippen LogP contribution in [0.5, 0.6) is 5.88 Å². The van der Waals surface area contributed by atoms with E-state index in [-0.39, 0.29) is 30.8 Å². The van der Waals surface area contributed by atoms with Crippen LogP contribution in [-0.4, -0.2) is 15.9 Å². The van der Waals surface area contributed by atoms with Gasteiger partial charge in [0.1, 0.15) is 0 Å². The van der Waals surface area contributed by atoms with Crippen LogP contribution in [0.2, 0.25) is 0 Å². The van der Waals surface area contributed by atoms with Gasteiger partial charge in [0.2, 0.25) is 5.88 Å². The van der Waals surface area contributed by atoms with Crippen molar-refractivity contribution in [2.24, 2.45) is 0 Å². The molecule has 0 aliphatic heterocycles. The zero-order valence-electron chi connectivity index (χ0n) is 5.73. The molecular weight excluding hydrogens is 191 g/mol. The first-order chi connectivity index (χ1) is 4.29. The van der Waals surface area contributed by atoms with Gasteiger partial charge in [0.15, 0.2) is 0 Å². The van der Waals surface area contributed by atoms with Crippen molar-refractivity contribution in [2.45, 2.75) is 6.92 Å². The van der Waals surface area contributed by atoms with E-state index in [1.807, 2.05) is 0 Å². The molecule has 1 N–H and O–H groups in total. The molecule has 0 atom stereocenters. The summed E-state index contributed by atoms with van der Waals surface area (Å²) in [6.45, 7) is 1.33. The maximum Gasteiger partial charge on any atom is 0.309 e. The normalized spacial score (nSPS) is 7.36. The summed E-state index contributed by atoms with van der Waals surface area (Å²) in [4.78, 5) is 16.5. The number of nitrogens with one attached hydrogen (secondary N) is 1. The number of nitrogens with zero attached hydrogens (tertiary/aromatic N) is 1. The Hall–Kier alpha value is -0.740. The predicted octanol–water partition coefficient (Wildman–Crippen LogP) is 1.18. The molecule has 0 spiro atoms. The smallest absolute Gasteiger partial charge is 0.309 e. The SMILES string of the molecule is CC(=O)Oc1c[nH]cn1.Cl.Cl. The Bertz CT molecular complexity index is 200. The van der Waals surface area contributed by atoms with Gasteiger partial charge >= 0.3 is 5.97 Å². The van der Waals surface area contributed by atoms with E-state index in [4.69, 9.17) is 0 Å². The first-order valence-electron chi connectivity index (χ1n) is 2.46. The number of hydrogen-bond donors (Lipinski definition) is 1. The highest BCUT2D eigenvalue weighted by Gasteiger charge is 1.96. The summed E-state index contributed by atoms with van der Waals surface area (Å²) in [7, 11) is 0. The van der Waals surface area contributed by atoms with Gasteiger partial charge in [-0.1, -0.05) is 0 Å². The molecule has 1 aromatic heterocycles. The van der Waals surface area contributed by atoms with Crippen LogP contribution in [0, 0.1) is 0 Å². The quantitative estimate of drug-likeness (QED) is 0.690. The number of ether oxygens (including phenoxy) is 1. The number of rotatable bonds is 1. The molecule has 0 aliphatic carbocycles. The van der Waals surface area contributed by atoms with Gasteiger partial charge in [-0.05, 0) is 0 Å². The van der Waals surface area contributed by atoms with Crippen molar-refractivity contribution in [3.63, 3.8) is 0 Å². The lowest BCUT2D eigenvalue weighted by Crippen LogP contribution is -2.00. The lowest BCUT2D eigenvalue weighted by molar-refractivity contribution is -0.132. The van der Waals surface area contributed by atoms with Gasteiger partial charge < -0.3 is 9.72 Å². The van der Waals surface area contributed by atoms with Crippen LogP contribution in [0.25, 0.3) is 0 Å². The molecule has 0 amide bonds. The Labute approximate surface area is 76.2 Å². The zero-order valence-corrected chi connectivity index (χ0v) is 7.37. The van der Waals surface area contributed by atoms with Crippen molar-refractivity contribution >= 4 is 30.8 Å². The van der Waals surface area contributed by atoms with Crippen LogP contribution in [-0.2, 0) is 4.79 Å². The van der Waals surface area contributed by atoms with Crippen molar-refractivity contribution in [1.29, 1.82) is 0 Å². The second-order valence-electron chi connectivity index (χ2n) is 1.50. The van der Waals surface area contributed by atoms with Gasteiger partial charge in [0.05, 0.1) is 12.5 Å². The highest BCUT2D eigenvalue weighted by atomic mass is 35.5. The van der Waals surface area contributed by atoms with E-state index in [2.05, 4.69) is 14.7 Å². The summed E-state index contributed by atoms with van der Waals surface area (Å²) in [6, 6.07) is 0. The summed E-state index contributed by atoms with van der Waals surface area (Å²) < 4.78 is 4.57. The second kappa shape index (κ2) is 6.00. The van der Waals surface area contributed by atoms with Gasteiger partial charge in [-0.2, -0.15) is 0 Å². The van der Waals surface area contributed by atoms with Crippen molar-refractivity contribution in [2.75, 3.05) is 0 Å². The van der Waals surface area contributed by atoms with Gasteiger partial charge in [-0.3, -0.25) is 4.79 Å². The minimum atomic E-state index is -0.359. The summed E-state index contributed by atoms with van der Waals surface area (Å²) in [5.41, 5.74) is 0. The molecule has 0 saturated carbocycles. The van der Waals surface area contributed by atoms with E-state index in [1.165, 1.54) is 19.4 Å². The van der Waals surface area contributed by atoms with Gasteiger partial charge in [0, 0.05) is 6.92 Å². The molecule has 1 heterocycles. The highest BCUT2D eigenvalue weighted by Crippen LogP contribution is 2.00. The summed E-state index contributed by atoms with van der Waals surface area (Å²) >= 11 is 0. The van der Waals surface area contributed by atoms with Crippen molar-refractivity contribution in [3.05, 3.63) is 12.5 Å². The number of aromatic amines is 1. The average Bonchev–Trinajstić information content (AvgIpc) is 2.15. The number of hydrogen-bond acceptors (Lipinski definition) is 3. The molecule has 0 fully saturated rings. The Morgan fingerprint density at radius 3 is 2.64 bits per heavy atom. The topological polar surface area (TPSA) is 55.0 Å². The maximum atomic E-state index is 10.2. The van der Waals surface area contributed by atoms with Crippen LogP contribution in [0.3, 0.4) is 0 Å². The van der Waals surface area contributed by atoms with E-state index in [9.17, 15) is 4.79 Å². The molecule has 0 unspecified atom stereocenters. The fraction of sp³-hybridized carbons (Fsp3) is 0.200. The summed E-state index contributed by atoms with van der Waals surface area (Å²) in [6.07, 6.45) is 2.94. The van der Waals surface area contributed by atoms with E-state index >= 15 is 0 Å². The molecule has 0 saturated heterocycles. The molecule has 0 radical (unpaired) electrons. The van der Waals surface area contributed by atoms with Crippen LogP contribution in [0.4, 0.5) is 0 Å². The van der Waals surface area contributed by atoms with Crippen molar-refractivity contribution < 1.29 is 9.53 Å². The van der Waals surface area contributed by atoms with Crippen LogP contribution < -0.4 is 4.74 Å². The largest absolute Gasteiger partial charge is 0.406 e. The third-order valence-corrected chi connectivity index (χ3v) is 0.721. The molecule has 1 rings (SSSR count). The number of carbonyl (C=O) groups excluding carboxylic acids is 1. The Morgan fingerprint density at radius 2 is 2.27 bits per heavy atom. The second-order valence-corrected chi connectivity index (χ2v) is 1.50. The standard InChI is InChI=1S/C5H6N2O2.2ClH/c1-4(8)9-5-2-6-3-7-5;;/h2-3H,1H3,(H,6,7);2*1H. The van der Waals surface area contributed by atoms with Gasteiger partial charge in [-0.15, -0.1) is 24.8 Å². The lowest BCUT2D eigenvalue weighted by atomic mass is 10.8. The number of halogens is 2. The first kappa shape index (κ1) is 12.9. The number of aromatic nitrogens is 2. The minimum Gasteiger partial charge on any atom is -0.406 e. The maximum absolute atomic E-state index is 10.2. The number of esters is 1. The van der Waals surface area contributed by atoms with E-state index in [1.54, 1.807) is 0 Å². The van der Waals surface area contributed by atoms with Gasteiger partial charge in [0.25, 0.3) is 0 Å². The fourth-order valence-corrected chi connectivity index (χ4v) is 0.450. The Balaban J connectivity index is 0. The molecule has 6 heteroatoms. The summed E-state index contributed by atoms with van der Waals surface area (Å²) in [5, 5.41) is 0. The highest BCUT2D eigenvalue weighted by molar-refractivity contribution is 5.85. The summed E-state index contributed by atoms with van der Waals surface area (Å²) in [5.74, 6) is -0.0513. The third kappa shape index (κ3) is 4.64. The molecule has 1 aromatic rings. The molecule has 0 aliphatic rings. The average molecular weight is 199 g/mol. The Kier molecular flexibility index (Phi) is 7.04. The predicted molar refractivity (Wildman–Crippen MR) is 44.4 cm³/mol. The molecule has 4 nitrogen and oxygen atoms in total. The van der Waals surface area contributed by atoms with E-state index < -0.39 is 0 Å². The van der Waals surface area contributed by atoms with Crippen LogP contribution >= 0.6 is 24.8 Å². The molecule has 0 bridgehead atoms. The lowest BCUT2D eigenvalue weighted by Gasteiger charge is -1.90. The molecule has 11 heavy (non-hydrogen) atoms. The van der Waals surface area contributed by atoms with Gasteiger partial charge in [-0.25, -0.2) is 4.98 Å². The zero-order chi connectivity index (χ0) is 6.69. The first-order valence-corrected chi connectivity index (χ1v) is 2.46. The molecular formula is C5H8Cl2N2O2. The monoisotopic (exact) mass is 198 g/mol. The Morgan fingerprint density at radius 1 is 1.64 bits per heavy atom. The number of imidazole rings is 1. The third-order valence-electron chi connectivity index (χ3n) is 0.721. The van der Waals surface area contributed by atoms with Crippen molar-refractivity contribution in [1.82, 2.24) is 9.97 Å². The number of H-pyrrole nitrogens is 1. The van der Waals surface area contributed by atoms with Crippen LogP contribution in [0.15, 0.2) is 12.5 Å². The van der Waals surface area contributed by atoms with Crippen molar-refractivity contribution in [3.8, 4) is 5.88 Å².